The smallest absolute Gasteiger partial charge is 0.387 e. The lowest BCUT2D eigenvalue weighted by atomic mass is 10.1. The highest BCUT2D eigenvalue weighted by atomic mass is 19.3. The van der Waals surface area contributed by atoms with E-state index in [0.29, 0.717) is 12.2 Å². The van der Waals surface area contributed by atoms with Crippen LogP contribution >= 0.6 is 0 Å². The van der Waals surface area contributed by atoms with Crippen LogP contribution in [0, 0.1) is 12.8 Å². The molecule has 1 unspecified atom stereocenters. The second-order valence-electron chi connectivity index (χ2n) is 7.22. The van der Waals surface area contributed by atoms with Crippen LogP contribution in [0.2, 0.25) is 0 Å². The molecule has 0 radical (unpaired) electrons. The fourth-order valence-electron chi connectivity index (χ4n) is 3.17. The Morgan fingerprint density at radius 2 is 1.81 bits per heavy atom. The Kier molecular flexibility index (Phi) is 7.17. The summed E-state index contributed by atoms with van der Waals surface area (Å²) in [5.41, 5.74) is 2.42. The zero-order valence-corrected chi connectivity index (χ0v) is 16.8. The Morgan fingerprint density at radius 1 is 1.13 bits per heavy atom. The number of aryl methyl sites for hydroxylation is 1. The van der Waals surface area contributed by atoms with Gasteiger partial charge in [0.2, 0.25) is 5.91 Å². The molecule has 1 saturated heterocycles. The minimum absolute atomic E-state index is 0.0396. The van der Waals surface area contributed by atoms with Crippen molar-refractivity contribution in [3.05, 3.63) is 59.7 Å². The number of benzene rings is 2. The molecule has 9 heteroatoms. The zero-order chi connectivity index (χ0) is 22.4. The van der Waals surface area contributed by atoms with E-state index in [1.165, 1.54) is 24.3 Å². The van der Waals surface area contributed by atoms with Gasteiger partial charge in [-0.3, -0.25) is 14.4 Å². The molecule has 0 saturated carbocycles. The van der Waals surface area contributed by atoms with Gasteiger partial charge >= 0.3 is 12.6 Å². The number of ether oxygens (including phenoxy) is 2. The topological polar surface area (TPSA) is 84.9 Å². The molecule has 2 aromatic rings. The predicted molar refractivity (Wildman–Crippen MR) is 107 cm³/mol. The van der Waals surface area contributed by atoms with E-state index in [1.54, 1.807) is 4.90 Å². The SMILES string of the molecule is Cc1ccc(CN2CC(C(=O)OCC(=O)Nc3ccc(OC(F)F)cc3)CC2=O)cc1. The summed E-state index contributed by atoms with van der Waals surface area (Å²) in [6.07, 6.45) is 0.0396. The molecule has 7 nitrogen and oxygen atoms in total. The Hall–Kier alpha value is -3.49. The van der Waals surface area contributed by atoms with Gasteiger partial charge in [0.05, 0.1) is 5.92 Å². The summed E-state index contributed by atoms with van der Waals surface area (Å²) in [5, 5.41) is 2.49. The van der Waals surface area contributed by atoms with Gasteiger partial charge in [-0.05, 0) is 36.8 Å². The lowest BCUT2D eigenvalue weighted by Crippen LogP contribution is -2.28. The molecule has 2 aromatic carbocycles. The van der Waals surface area contributed by atoms with Gasteiger partial charge in [-0.2, -0.15) is 8.78 Å². The predicted octanol–water partition coefficient (Wildman–Crippen LogP) is 3.13. The van der Waals surface area contributed by atoms with Crippen molar-refractivity contribution in [1.82, 2.24) is 4.90 Å². The summed E-state index contributed by atoms with van der Waals surface area (Å²) in [6.45, 7) is -0.830. The van der Waals surface area contributed by atoms with Crippen LogP contribution in [-0.2, 0) is 25.7 Å². The van der Waals surface area contributed by atoms with Gasteiger partial charge in [-0.1, -0.05) is 29.8 Å². The second kappa shape index (κ2) is 10.0. The van der Waals surface area contributed by atoms with Crippen LogP contribution in [-0.4, -0.2) is 42.4 Å². The Labute approximate surface area is 177 Å². The van der Waals surface area contributed by atoms with Crippen LogP contribution in [0.3, 0.4) is 0 Å². The van der Waals surface area contributed by atoms with E-state index >= 15 is 0 Å². The van der Waals surface area contributed by atoms with Crippen molar-refractivity contribution in [1.29, 1.82) is 0 Å². The average molecular weight is 432 g/mol. The Bertz CT molecular complexity index is 932. The number of halogens is 2. The number of anilines is 1. The number of alkyl halides is 2. The molecule has 31 heavy (non-hydrogen) atoms. The van der Waals surface area contributed by atoms with Crippen LogP contribution in [0.15, 0.2) is 48.5 Å². The van der Waals surface area contributed by atoms with Crippen molar-refractivity contribution in [2.75, 3.05) is 18.5 Å². The fourth-order valence-corrected chi connectivity index (χ4v) is 3.17. The third-order valence-corrected chi connectivity index (χ3v) is 4.75. The monoisotopic (exact) mass is 432 g/mol. The molecule has 1 atom stereocenters. The molecule has 1 heterocycles. The lowest BCUT2D eigenvalue weighted by molar-refractivity contribution is -0.151. The molecule has 3 rings (SSSR count). The fraction of sp³-hybridized carbons (Fsp3) is 0.318. The summed E-state index contributed by atoms with van der Waals surface area (Å²) in [5.74, 6) is -2.01. The quantitative estimate of drug-likeness (QED) is 0.648. The van der Waals surface area contributed by atoms with E-state index < -0.39 is 31.0 Å². The van der Waals surface area contributed by atoms with Gasteiger partial charge in [0, 0.05) is 25.2 Å². The summed E-state index contributed by atoms with van der Waals surface area (Å²) >= 11 is 0. The van der Waals surface area contributed by atoms with E-state index in [0.717, 1.165) is 11.1 Å². The maximum absolute atomic E-state index is 12.3. The lowest BCUT2D eigenvalue weighted by Gasteiger charge is -2.16. The van der Waals surface area contributed by atoms with Crippen molar-refractivity contribution in [3.8, 4) is 5.75 Å². The number of hydrogen-bond donors (Lipinski definition) is 1. The molecular formula is C22H22F2N2O5. The third-order valence-electron chi connectivity index (χ3n) is 4.75. The molecule has 164 valence electrons. The highest BCUT2D eigenvalue weighted by Crippen LogP contribution is 2.22. The summed E-state index contributed by atoms with van der Waals surface area (Å²) in [6, 6.07) is 13.1. The summed E-state index contributed by atoms with van der Waals surface area (Å²) in [4.78, 5) is 38.1. The van der Waals surface area contributed by atoms with Crippen molar-refractivity contribution in [2.24, 2.45) is 5.92 Å². The first-order valence-corrected chi connectivity index (χ1v) is 9.65. The molecule has 0 aliphatic carbocycles. The van der Waals surface area contributed by atoms with E-state index in [9.17, 15) is 23.2 Å². The van der Waals surface area contributed by atoms with Gasteiger partial charge in [0.15, 0.2) is 6.61 Å². The number of carbonyl (C=O) groups is 3. The number of esters is 1. The highest BCUT2D eigenvalue weighted by molar-refractivity contribution is 5.93. The molecule has 1 aliphatic heterocycles. The maximum Gasteiger partial charge on any atom is 0.387 e. The van der Waals surface area contributed by atoms with Gasteiger partial charge in [-0.15, -0.1) is 0 Å². The molecule has 0 spiro atoms. The first-order chi connectivity index (χ1) is 14.8. The van der Waals surface area contributed by atoms with Crippen molar-refractivity contribution >= 4 is 23.5 Å². The third kappa shape index (κ3) is 6.50. The number of carbonyl (C=O) groups excluding carboxylic acids is 3. The van der Waals surface area contributed by atoms with Crippen molar-refractivity contribution in [2.45, 2.75) is 26.5 Å². The van der Waals surface area contributed by atoms with Crippen LogP contribution in [0.1, 0.15) is 17.5 Å². The minimum Gasteiger partial charge on any atom is -0.455 e. The number of hydrogen-bond acceptors (Lipinski definition) is 5. The van der Waals surface area contributed by atoms with E-state index in [4.69, 9.17) is 4.74 Å². The standard InChI is InChI=1S/C22H22F2N2O5/c1-14-2-4-15(5-3-14)11-26-12-16(10-20(26)28)21(29)30-13-19(27)25-17-6-8-18(9-7-17)31-22(23)24/h2-9,16,22H,10-13H2,1H3,(H,25,27). The van der Waals surface area contributed by atoms with Gasteiger partial charge in [-0.25, -0.2) is 0 Å². The Balaban J connectivity index is 1.44. The molecule has 1 N–H and O–H groups in total. The van der Waals surface area contributed by atoms with Crippen LogP contribution in [0.25, 0.3) is 0 Å². The Morgan fingerprint density at radius 3 is 2.45 bits per heavy atom. The zero-order valence-electron chi connectivity index (χ0n) is 16.8. The van der Waals surface area contributed by atoms with Gasteiger partial charge in [0.1, 0.15) is 5.75 Å². The van der Waals surface area contributed by atoms with Crippen LogP contribution in [0.5, 0.6) is 5.75 Å². The maximum atomic E-state index is 12.3. The number of nitrogens with one attached hydrogen (secondary N) is 1. The average Bonchev–Trinajstić information content (AvgIpc) is 3.09. The number of rotatable bonds is 8. The number of amides is 2. The van der Waals surface area contributed by atoms with E-state index in [-0.39, 0.29) is 24.6 Å². The van der Waals surface area contributed by atoms with Crippen LogP contribution < -0.4 is 10.1 Å². The van der Waals surface area contributed by atoms with Crippen LogP contribution in [0.4, 0.5) is 14.5 Å². The van der Waals surface area contributed by atoms with Crippen molar-refractivity contribution < 1.29 is 32.6 Å². The van der Waals surface area contributed by atoms with Gasteiger partial charge < -0.3 is 19.7 Å². The van der Waals surface area contributed by atoms with Gasteiger partial charge in [0.25, 0.3) is 5.91 Å². The highest BCUT2D eigenvalue weighted by Gasteiger charge is 2.35. The second-order valence-corrected chi connectivity index (χ2v) is 7.22. The van der Waals surface area contributed by atoms with Crippen molar-refractivity contribution in [3.63, 3.8) is 0 Å². The molecule has 2 amide bonds. The first-order valence-electron chi connectivity index (χ1n) is 9.65. The largest absolute Gasteiger partial charge is 0.455 e. The normalized spacial score (nSPS) is 15.8. The summed E-state index contributed by atoms with van der Waals surface area (Å²) in [7, 11) is 0. The molecule has 0 aromatic heterocycles. The van der Waals surface area contributed by atoms with E-state index in [2.05, 4.69) is 10.1 Å². The summed E-state index contributed by atoms with van der Waals surface area (Å²) < 4.78 is 33.6. The minimum atomic E-state index is -2.94. The number of nitrogens with zero attached hydrogens (tertiary/aromatic N) is 1. The molecule has 1 aliphatic rings. The molecule has 1 fully saturated rings. The molecule has 0 bridgehead atoms. The molecular weight excluding hydrogens is 410 g/mol. The first kappa shape index (κ1) is 22.2. The van der Waals surface area contributed by atoms with E-state index in [1.807, 2.05) is 31.2 Å². The number of likely N-dealkylation sites (tertiary alicyclic amines) is 1.